The summed E-state index contributed by atoms with van der Waals surface area (Å²) in [5.41, 5.74) is 3.21. The molecule has 0 aliphatic carbocycles. The van der Waals surface area contributed by atoms with Gasteiger partial charge in [0, 0.05) is 24.3 Å². The van der Waals surface area contributed by atoms with Crippen LogP contribution >= 0.6 is 12.2 Å². The van der Waals surface area contributed by atoms with Crippen LogP contribution in [0.4, 0.5) is 10.1 Å². The molecule has 0 bridgehead atoms. The second kappa shape index (κ2) is 9.62. The Kier molecular flexibility index (Phi) is 6.70. The van der Waals surface area contributed by atoms with Gasteiger partial charge in [0.2, 0.25) is 0 Å². The summed E-state index contributed by atoms with van der Waals surface area (Å²) in [6.07, 6.45) is 0. The number of halogens is 1. The maximum Gasteiger partial charge on any atom is 0.251 e. The fraction of sp³-hybridized carbons (Fsp3) is 0.0909. The lowest BCUT2D eigenvalue weighted by molar-refractivity contribution is 0.0951. The fourth-order valence-corrected chi connectivity index (χ4v) is 2.77. The van der Waals surface area contributed by atoms with Crippen LogP contribution in [-0.2, 0) is 13.1 Å². The molecule has 0 saturated carbocycles. The predicted octanol–water partition coefficient (Wildman–Crippen LogP) is 4.24. The molecule has 0 fully saturated rings. The third kappa shape index (κ3) is 5.89. The smallest absolute Gasteiger partial charge is 0.251 e. The molecule has 0 radical (unpaired) electrons. The summed E-state index contributed by atoms with van der Waals surface area (Å²) in [6.45, 7) is 0.943. The first-order valence-electron chi connectivity index (χ1n) is 8.81. The summed E-state index contributed by atoms with van der Waals surface area (Å²) >= 11 is 5.29. The zero-order valence-corrected chi connectivity index (χ0v) is 15.9. The van der Waals surface area contributed by atoms with E-state index in [0.29, 0.717) is 29.5 Å². The highest BCUT2D eigenvalue weighted by Gasteiger charge is 2.07. The topological polar surface area (TPSA) is 53.2 Å². The lowest BCUT2D eigenvalue weighted by Gasteiger charge is -2.12. The van der Waals surface area contributed by atoms with Gasteiger partial charge in [0.25, 0.3) is 5.91 Å². The van der Waals surface area contributed by atoms with Crippen molar-refractivity contribution in [1.29, 1.82) is 0 Å². The Hall–Kier alpha value is -3.25. The van der Waals surface area contributed by atoms with Crippen molar-refractivity contribution in [3.8, 4) is 0 Å². The second-order valence-corrected chi connectivity index (χ2v) is 6.59. The molecule has 0 unspecified atom stereocenters. The maximum absolute atomic E-state index is 12.9. The van der Waals surface area contributed by atoms with Crippen molar-refractivity contribution in [3.05, 3.63) is 101 Å². The number of rotatable bonds is 6. The van der Waals surface area contributed by atoms with Crippen LogP contribution in [0.5, 0.6) is 0 Å². The molecular weight excluding hydrogens is 373 g/mol. The summed E-state index contributed by atoms with van der Waals surface area (Å²) < 4.78 is 12.9. The van der Waals surface area contributed by atoms with E-state index >= 15 is 0 Å². The number of benzene rings is 3. The molecule has 3 aromatic rings. The van der Waals surface area contributed by atoms with Crippen molar-refractivity contribution < 1.29 is 9.18 Å². The third-order valence-electron chi connectivity index (χ3n) is 4.04. The molecule has 3 N–H and O–H groups in total. The number of anilines is 1. The van der Waals surface area contributed by atoms with Gasteiger partial charge in [-0.25, -0.2) is 4.39 Å². The van der Waals surface area contributed by atoms with E-state index in [1.54, 1.807) is 30.3 Å². The molecule has 1 amide bonds. The lowest BCUT2D eigenvalue weighted by atomic mass is 10.1. The van der Waals surface area contributed by atoms with E-state index in [4.69, 9.17) is 12.2 Å². The first-order chi connectivity index (χ1) is 13.6. The van der Waals surface area contributed by atoms with E-state index in [0.717, 1.165) is 11.1 Å². The lowest BCUT2D eigenvalue weighted by Crippen LogP contribution is -2.28. The van der Waals surface area contributed by atoms with Crippen molar-refractivity contribution >= 4 is 28.9 Å². The maximum atomic E-state index is 12.9. The van der Waals surface area contributed by atoms with Gasteiger partial charge in [0.15, 0.2) is 5.11 Å². The first-order valence-corrected chi connectivity index (χ1v) is 9.22. The molecule has 0 aliphatic rings. The highest BCUT2D eigenvalue weighted by Crippen LogP contribution is 2.11. The largest absolute Gasteiger partial charge is 0.358 e. The average molecular weight is 393 g/mol. The number of thiocarbonyl (C=S) groups is 1. The Morgan fingerprint density at radius 1 is 0.821 bits per heavy atom. The Morgan fingerprint density at radius 2 is 1.50 bits per heavy atom. The van der Waals surface area contributed by atoms with Crippen molar-refractivity contribution in [2.24, 2.45) is 0 Å². The van der Waals surface area contributed by atoms with E-state index in [2.05, 4.69) is 16.0 Å². The molecular formula is C22H20FN3OS. The highest BCUT2D eigenvalue weighted by molar-refractivity contribution is 7.80. The number of nitrogens with one attached hydrogen (secondary N) is 3. The summed E-state index contributed by atoms with van der Waals surface area (Å²) in [4.78, 5) is 12.4. The minimum Gasteiger partial charge on any atom is -0.358 e. The van der Waals surface area contributed by atoms with Gasteiger partial charge in [-0.15, -0.1) is 0 Å². The summed E-state index contributed by atoms with van der Waals surface area (Å²) in [7, 11) is 0. The summed E-state index contributed by atoms with van der Waals surface area (Å²) in [5, 5.41) is 9.44. The molecule has 6 heteroatoms. The predicted molar refractivity (Wildman–Crippen MR) is 114 cm³/mol. The number of hydrogen-bond donors (Lipinski definition) is 3. The number of carbonyl (C=O) groups is 1. The summed E-state index contributed by atoms with van der Waals surface area (Å²) in [6, 6.07) is 23.1. The molecule has 142 valence electrons. The minimum absolute atomic E-state index is 0.155. The van der Waals surface area contributed by atoms with Crippen molar-refractivity contribution in [3.63, 3.8) is 0 Å². The minimum atomic E-state index is -0.271. The van der Waals surface area contributed by atoms with Crippen LogP contribution in [-0.4, -0.2) is 11.0 Å². The van der Waals surface area contributed by atoms with Gasteiger partial charge in [-0.3, -0.25) is 4.79 Å². The van der Waals surface area contributed by atoms with Crippen LogP contribution in [0.2, 0.25) is 0 Å². The van der Waals surface area contributed by atoms with Gasteiger partial charge in [0.1, 0.15) is 5.82 Å². The first kappa shape index (κ1) is 19.5. The van der Waals surface area contributed by atoms with Crippen LogP contribution in [0.3, 0.4) is 0 Å². The normalized spacial score (nSPS) is 10.2. The van der Waals surface area contributed by atoms with E-state index in [9.17, 15) is 9.18 Å². The van der Waals surface area contributed by atoms with Crippen molar-refractivity contribution in [2.75, 3.05) is 5.32 Å². The van der Waals surface area contributed by atoms with E-state index in [1.807, 2.05) is 36.4 Å². The van der Waals surface area contributed by atoms with Gasteiger partial charge in [-0.1, -0.05) is 48.5 Å². The van der Waals surface area contributed by atoms with Gasteiger partial charge >= 0.3 is 0 Å². The van der Waals surface area contributed by atoms with Crippen LogP contribution in [0, 0.1) is 5.82 Å². The van der Waals surface area contributed by atoms with Gasteiger partial charge in [0.05, 0.1) is 0 Å². The Balaban J connectivity index is 1.52. The molecule has 3 aromatic carbocycles. The molecule has 0 heterocycles. The number of carbonyl (C=O) groups excluding carboxylic acids is 1. The molecule has 0 atom stereocenters. The van der Waals surface area contributed by atoms with E-state index in [-0.39, 0.29) is 11.7 Å². The molecule has 4 nitrogen and oxygen atoms in total. The standard InChI is InChI=1S/C22H20FN3OS/c23-19-11-9-17(10-12-19)15-25-22(28)26-20-8-4-7-18(13-20)21(27)24-14-16-5-2-1-3-6-16/h1-13H,14-15H2,(H,24,27)(H2,25,26,28). The van der Waals surface area contributed by atoms with Crippen molar-refractivity contribution in [1.82, 2.24) is 10.6 Å². The highest BCUT2D eigenvalue weighted by atomic mass is 32.1. The molecule has 0 aliphatic heterocycles. The van der Waals surface area contributed by atoms with Crippen LogP contribution in [0.15, 0.2) is 78.9 Å². The molecule has 3 rings (SSSR count). The van der Waals surface area contributed by atoms with Gasteiger partial charge in [-0.2, -0.15) is 0 Å². The monoisotopic (exact) mass is 393 g/mol. The molecule has 0 aromatic heterocycles. The van der Waals surface area contributed by atoms with Crippen LogP contribution in [0.25, 0.3) is 0 Å². The number of hydrogen-bond acceptors (Lipinski definition) is 2. The fourth-order valence-electron chi connectivity index (χ4n) is 2.58. The Labute approximate surface area is 168 Å². The van der Waals surface area contributed by atoms with Crippen molar-refractivity contribution in [2.45, 2.75) is 13.1 Å². The molecule has 28 heavy (non-hydrogen) atoms. The molecule has 0 spiro atoms. The SMILES string of the molecule is O=C(NCc1ccccc1)c1cccc(NC(=S)NCc2ccc(F)cc2)c1. The second-order valence-electron chi connectivity index (χ2n) is 6.18. The zero-order chi connectivity index (χ0) is 19.8. The average Bonchev–Trinajstić information content (AvgIpc) is 2.72. The van der Waals surface area contributed by atoms with E-state index < -0.39 is 0 Å². The van der Waals surface area contributed by atoms with Crippen LogP contribution < -0.4 is 16.0 Å². The zero-order valence-electron chi connectivity index (χ0n) is 15.1. The quantitative estimate of drug-likeness (QED) is 0.548. The Morgan fingerprint density at radius 3 is 2.25 bits per heavy atom. The third-order valence-corrected chi connectivity index (χ3v) is 4.29. The van der Waals surface area contributed by atoms with Gasteiger partial charge in [-0.05, 0) is 53.7 Å². The van der Waals surface area contributed by atoms with E-state index in [1.165, 1.54) is 12.1 Å². The van der Waals surface area contributed by atoms with Gasteiger partial charge < -0.3 is 16.0 Å². The molecule has 0 saturated heterocycles. The Bertz CT molecular complexity index is 946. The number of amides is 1. The summed E-state index contributed by atoms with van der Waals surface area (Å²) in [5.74, 6) is -0.426. The van der Waals surface area contributed by atoms with Crippen LogP contribution in [0.1, 0.15) is 21.5 Å².